The van der Waals surface area contributed by atoms with Gasteiger partial charge in [-0.15, -0.1) is 0 Å². The molecule has 1 saturated heterocycles. The highest BCUT2D eigenvalue weighted by molar-refractivity contribution is 6.03. The van der Waals surface area contributed by atoms with Crippen molar-refractivity contribution in [1.82, 2.24) is 4.90 Å². The molecular weight excluding hydrogens is 384 g/mol. The summed E-state index contributed by atoms with van der Waals surface area (Å²) in [5, 5.41) is 7.09. The van der Waals surface area contributed by atoms with Crippen molar-refractivity contribution >= 4 is 29.1 Å². The van der Waals surface area contributed by atoms with Gasteiger partial charge in [0, 0.05) is 36.9 Å². The predicted molar refractivity (Wildman–Crippen MR) is 114 cm³/mol. The maximum absolute atomic E-state index is 12.7. The summed E-state index contributed by atoms with van der Waals surface area (Å²) >= 11 is 0. The molecule has 3 N–H and O–H groups in total. The highest BCUT2D eigenvalue weighted by Crippen LogP contribution is 2.39. The number of benzene rings is 1. The van der Waals surface area contributed by atoms with Crippen LogP contribution < -0.4 is 11.1 Å². The zero-order valence-electron chi connectivity index (χ0n) is 17.6. The van der Waals surface area contributed by atoms with Crippen molar-refractivity contribution in [2.45, 2.75) is 70.4 Å². The van der Waals surface area contributed by atoms with Gasteiger partial charge in [-0.25, -0.2) is 0 Å². The predicted octanol–water partition coefficient (Wildman–Crippen LogP) is 2.56. The minimum atomic E-state index is -0.738. The fourth-order valence-corrected chi connectivity index (χ4v) is 4.03. The van der Waals surface area contributed by atoms with Crippen LogP contribution in [0.5, 0.6) is 0 Å². The van der Waals surface area contributed by atoms with Crippen LogP contribution in [0.1, 0.15) is 64.4 Å². The molecule has 0 aliphatic carbocycles. The molecule has 2 aliphatic rings. The molecule has 2 heterocycles. The molecule has 0 saturated carbocycles. The maximum Gasteiger partial charge on any atom is 0.240 e. The average Bonchev–Trinajstić information content (AvgIpc) is 3.32. The number of likely N-dealkylation sites (tertiary alicyclic amines) is 1. The number of rotatable bonds is 8. The summed E-state index contributed by atoms with van der Waals surface area (Å²) in [5.74, 6) is -0.645. The molecule has 2 atom stereocenters. The number of unbranched alkanes of at least 4 members (excludes halogenated alkanes) is 2. The average molecular weight is 415 g/mol. The minimum absolute atomic E-state index is 0.0643. The van der Waals surface area contributed by atoms with Crippen molar-refractivity contribution in [3.8, 4) is 0 Å². The molecule has 0 radical (unpaired) electrons. The lowest BCUT2D eigenvalue weighted by molar-refractivity contribution is -0.137. The van der Waals surface area contributed by atoms with E-state index < -0.39 is 17.6 Å². The first kappa shape index (κ1) is 21.8. The van der Waals surface area contributed by atoms with E-state index in [1.165, 1.54) is 0 Å². The van der Waals surface area contributed by atoms with Crippen LogP contribution in [-0.2, 0) is 19.2 Å². The van der Waals surface area contributed by atoms with Crippen LogP contribution >= 0.6 is 0 Å². The number of carbonyl (C=O) groups is 3. The van der Waals surface area contributed by atoms with Gasteiger partial charge >= 0.3 is 0 Å². The van der Waals surface area contributed by atoms with E-state index in [1.54, 1.807) is 11.8 Å². The van der Waals surface area contributed by atoms with Gasteiger partial charge in [0.25, 0.3) is 0 Å². The zero-order chi connectivity index (χ0) is 21.7. The lowest BCUT2D eigenvalue weighted by Gasteiger charge is -2.23. The first-order chi connectivity index (χ1) is 14.4. The van der Waals surface area contributed by atoms with E-state index in [0.29, 0.717) is 37.9 Å². The summed E-state index contributed by atoms with van der Waals surface area (Å²) in [4.78, 5) is 43.7. The number of primary amides is 1. The van der Waals surface area contributed by atoms with Crippen LogP contribution in [0.4, 0.5) is 5.69 Å². The molecular formula is C22H30N4O4. The topological polar surface area (TPSA) is 114 Å². The highest BCUT2D eigenvalue weighted by atomic mass is 16.7. The summed E-state index contributed by atoms with van der Waals surface area (Å²) in [5.41, 5.74) is 7.11. The number of nitrogens with one attached hydrogen (secondary N) is 1. The van der Waals surface area contributed by atoms with E-state index >= 15 is 0 Å². The number of amides is 3. The van der Waals surface area contributed by atoms with Crippen LogP contribution in [0, 0.1) is 0 Å². The molecule has 1 aromatic rings. The number of nitrogens with zero attached hydrogens (tertiary/aromatic N) is 2. The summed E-state index contributed by atoms with van der Waals surface area (Å²) < 4.78 is 0. The smallest absolute Gasteiger partial charge is 0.240 e. The lowest BCUT2D eigenvalue weighted by Crippen LogP contribution is -2.43. The standard InChI is InChI=1S/C22H30N4O4/c1-3-5-6-10-20(28)26-14-22(13-18(26)21(23)29)12-17(25-30-22)15-8-7-9-16(11-15)24-19(27)4-2/h7-9,11,18H,3-6,10,12-14H2,1-2H3,(H2,23,29)(H,24,27)/t18-,22?/m0/s1. The molecule has 2 aliphatic heterocycles. The summed E-state index contributed by atoms with van der Waals surface area (Å²) in [6.07, 6.45) is 4.40. The van der Waals surface area contributed by atoms with Gasteiger partial charge in [0.05, 0.1) is 12.3 Å². The Morgan fingerprint density at radius 1 is 1.30 bits per heavy atom. The molecule has 1 spiro atoms. The van der Waals surface area contributed by atoms with Gasteiger partial charge in [-0.3, -0.25) is 14.4 Å². The van der Waals surface area contributed by atoms with E-state index in [-0.39, 0.29) is 11.8 Å². The van der Waals surface area contributed by atoms with Crippen LogP contribution in [-0.4, -0.2) is 46.5 Å². The molecule has 3 rings (SSSR count). The molecule has 3 amide bonds. The lowest BCUT2D eigenvalue weighted by atomic mass is 9.91. The Balaban J connectivity index is 1.71. The Kier molecular flexibility index (Phi) is 6.74. The van der Waals surface area contributed by atoms with E-state index in [2.05, 4.69) is 17.4 Å². The summed E-state index contributed by atoms with van der Waals surface area (Å²) in [7, 11) is 0. The van der Waals surface area contributed by atoms with Gasteiger partial charge in [0.2, 0.25) is 17.7 Å². The molecule has 162 valence electrons. The second kappa shape index (κ2) is 9.28. The fourth-order valence-electron chi connectivity index (χ4n) is 4.03. The summed E-state index contributed by atoms with van der Waals surface area (Å²) in [6, 6.07) is 6.74. The first-order valence-corrected chi connectivity index (χ1v) is 10.6. The molecule has 0 bridgehead atoms. The Hall–Kier alpha value is -2.90. The molecule has 30 heavy (non-hydrogen) atoms. The molecule has 1 aromatic carbocycles. The van der Waals surface area contributed by atoms with Crippen LogP contribution in [0.15, 0.2) is 29.4 Å². The van der Waals surface area contributed by atoms with Gasteiger partial charge in [0.1, 0.15) is 6.04 Å². The SMILES string of the molecule is CCCCCC(=O)N1CC2(CC(c3cccc(NC(=O)CC)c3)=NO2)C[C@H]1C(N)=O. The Bertz CT molecular complexity index is 853. The van der Waals surface area contributed by atoms with Crippen LogP contribution in [0.2, 0.25) is 0 Å². The monoisotopic (exact) mass is 414 g/mol. The molecule has 8 nitrogen and oxygen atoms in total. The third-order valence-electron chi connectivity index (χ3n) is 5.68. The maximum atomic E-state index is 12.7. The van der Waals surface area contributed by atoms with Gasteiger partial charge in [-0.1, -0.05) is 44.0 Å². The van der Waals surface area contributed by atoms with Gasteiger partial charge in [-0.2, -0.15) is 0 Å². The van der Waals surface area contributed by atoms with Gasteiger partial charge < -0.3 is 20.8 Å². The number of nitrogens with two attached hydrogens (primary N) is 1. The van der Waals surface area contributed by atoms with E-state index in [9.17, 15) is 14.4 Å². The van der Waals surface area contributed by atoms with Crippen molar-refractivity contribution in [1.29, 1.82) is 0 Å². The van der Waals surface area contributed by atoms with Crippen LogP contribution in [0.25, 0.3) is 0 Å². The molecule has 0 aromatic heterocycles. The zero-order valence-corrected chi connectivity index (χ0v) is 17.6. The van der Waals surface area contributed by atoms with E-state index in [0.717, 1.165) is 30.5 Å². The summed E-state index contributed by atoms with van der Waals surface area (Å²) in [6.45, 7) is 4.17. The largest absolute Gasteiger partial charge is 0.387 e. The minimum Gasteiger partial charge on any atom is -0.387 e. The highest BCUT2D eigenvalue weighted by Gasteiger charge is 2.53. The first-order valence-electron chi connectivity index (χ1n) is 10.6. The molecule has 1 fully saturated rings. The Labute approximate surface area is 176 Å². The Morgan fingerprint density at radius 3 is 2.80 bits per heavy atom. The number of hydrogen-bond donors (Lipinski definition) is 2. The van der Waals surface area contributed by atoms with E-state index in [4.69, 9.17) is 10.6 Å². The number of anilines is 1. The number of hydrogen-bond acceptors (Lipinski definition) is 5. The second-order valence-corrected chi connectivity index (χ2v) is 8.07. The van der Waals surface area contributed by atoms with Crippen molar-refractivity contribution in [2.75, 3.05) is 11.9 Å². The van der Waals surface area contributed by atoms with E-state index in [1.807, 2.05) is 24.3 Å². The third kappa shape index (κ3) is 4.80. The van der Waals surface area contributed by atoms with Gasteiger partial charge in [0.15, 0.2) is 5.60 Å². The third-order valence-corrected chi connectivity index (χ3v) is 5.68. The molecule has 8 heteroatoms. The van der Waals surface area contributed by atoms with Gasteiger partial charge in [-0.05, 0) is 18.6 Å². The quantitative estimate of drug-likeness (QED) is 0.636. The number of carbonyl (C=O) groups excluding carboxylic acids is 3. The van der Waals surface area contributed by atoms with Crippen molar-refractivity contribution in [3.05, 3.63) is 29.8 Å². The molecule has 1 unspecified atom stereocenters. The second-order valence-electron chi connectivity index (χ2n) is 8.07. The van der Waals surface area contributed by atoms with Crippen LogP contribution in [0.3, 0.4) is 0 Å². The van der Waals surface area contributed by atoms with Crippen molar-refractivity contribution in [3.63, 3.8) is 0 Å². The normalized spacial score (nSPS) is 22.7. The number of oxime groups is 1. The van der Waals surface area contributed by atoms with Crippen molar-refractivity contribution in [2.24, 2.45) is 10.9 Å². The fraction of sp³-hybridized carbons (Fsp3) is 0.545. The Morgan fingerprint density at radius 2 is 2.10 bits per heavy atom. The van der Waals surface area contributed by atoms with Crippen molar-refractivity contribution < 1.29 is 19.2 Å².